The van der Waals surface area contributed by atoms with E-state index in [1.54, 1.807) is 24.5 Å². The Morgan fingerprint density at radius 3 is 2.80 bits per heavy atom. The molecule has 0 bridgehead atoms. The number of hydrogen-bond donors (Lipinski definition) is 1. The first kappa shape index (κ1) is 12.4. The number of nitrogens with zero attached hydrogens (tertiary/aromatic N) is 3. The van der Waals surface area contributed by atoms with Gasteiger partial charge in [0.2, 0.25) is 0 Å². The Hall–Kier alpha value is -2.63. The van der Waals surface area contributed by atoms with Crippen molar-refractivity contribution >= 4 is 12.2 Å². The first-order chi connectivity index (χ1) is 9.63. The van der Waals surface area contributed by atoms with Gasteiger partial charge in [0.15, 0.2) is 0 Å². The van der Waals surface area contributed by atoms with Crippen molar-refractivity contribution in [2.24, 2.45) is 0 Å². The molecule has 0 unspecified atom stereocenters. The highest BCUT2D eigenvalue weighted by Crippen LogP contribution is 2.19. The van der Waals surface area contributed by atoms with Crippen molar-refractivity contribution < 1.29 is 14.3 Å². The zero-order valence-corrected chi connectivity index (χ0v) is 10.5. The van der Waals surface area contributed by atoms with Crippen LogP contribution in [0, 0.1) is 5.82 Å². The molecule has 0 radical (unpaired) electrons. The van der Waals surface area contributed by atoms with Gasteiger partial charge in [0.25, 0.3) is 0 Å². The van der Waals surface area contributed by atoms with Crippen molar-refractivity contribution in [2.45, 2.75) is 13.1 Å². The SMILES string of the molecule is O=C(O)N1C=Cc2ncn(Cc3ccc(F)cc3)c2C1. The molecule has 2 heterocycles. The van der Waals surface area contributed by atoms with Gasteiger partial charge in [-0.05, 0) is 23.8 Å². The molecule has 1 aromatic heterocycles. The molecule has 0 aliphatic carbocycles. The van der Waals surface area contributed by atoms with Crippen molar-refractivity contribution in [3.63, 3.8) is 0 Å². The van der Waals surface area contributed by atoms with Crippen molar-refractivity contribution in [1.82, 2.24) is 14.5 Å². The highest BCUT2D eigenvalue weighted by molar-refractivity contribution is 5.69. The molecule has 0 saturated carbocycles. The molecule has 1 aliphatic heterocycles. The fourth-order valence-corrected chi connectivity index (χ4v) is 2.16. The smallest absolute Gasteiger partial charge is 0.411 e. The number of aromatic nitrogens is 2. The summed E-state index contributed by atoms with van der Waals surface area (Å²) in [5.41, 5.74) is 2.53. The lowest BCUT2D eigenvalue weighted by atomic mass is 10.2. The molecule has 6 heteroatoms. The number of hydrogen-bond acceptors (Lipinski definition) is 2. The number of halogens is 1. The summed E-state index contributed by atoms with van der Waals surface area (Å²) in [6, 6.07) is 6.22. The normalized spacial score (nSPS) is 13.3. The fraction of sp³-hybridized carbons (Fsp3) is 0.143. The lowest BCUT2D eigenvalue weighted by Gasteiger charge is -2.19. The molecule has 20 heavy (non-hydrogen) atoms. The maximum Gasteiger partial charge on any atom is 0.411 e. The molecule has 1 aliphatic rings. The molecule has 1 amide bonds. The molecule has 1 N–H and O–H groups in total. The van der Waals surface area contributed by atoms with Gasteiger partial charge in [-0.3, -0.25) is 4.90 Å². The van der Waals surface area contributed by atoms with Crippen LogP contribution >= 0.6 is 0 Å². The van der Waals surface area contributed by atoms with E-state index in [1.165, 1.54) is 23.2 Å². The standard InChI is InChI=1S/C14H12FN3O2/c15-11-3-1-10(2-4-11)7-18-9-16-12-5-6-17(14(19)20)8-13(12)18/h1-6,9H,7-8H2,(H,19,20). The number of benzene rings is 1. The molecular weight excluding hydrogens is 261 g/mol. The monoisotopic (exact) mass is 273 g/mol. The lowest BCUT2D eigenvalue weighted by Crippen LogP contribution is -2.26. The Balaban J connectivity index is 1.86. The van der Waals surface area contributed by atoms with E-state index in [2.05, 4.69) is 4.98 Å². The van der Waals surface area contributed by atoms with Gasteiger partial charge in [0, 0.05) is 12.7 Å². The van der Waals surface area contributed by atoms with Gasteiger partial charge in [0.1, 0.15) is 5.82 Å². The summed E-state index contributed by atoms with van der Waals surface area (Å²) in [6.45, 7) is 0.798. The Bertz CT molecular complexity index is 676. The van der Waals surface area contributed by atoms with Gasteiger partial charge in [0.05, 0.1) is 24.3 Å². The summed E-state index contributed by atoms with van der Waals surface area (Å²) < 4.78 is 14.8. The number of amides is 1. The zero-order valence-electron chi connectivity index (χ0n) is 10.5. The molecule has 0 saturated heterocycles. The van der Waals surface area contributed by atoms with Gasteiger partial charge in [-0.25, -0.2) is 14.2 Å². The maximum atomic E-state index is 12.9. The van der Waals surface area contributed by atoms with Crippen LogP contribution in [0.4, 0.5) is 9.18 Å². The summed E-state index contributed by atoms with van der Waals surface area (Å²) in [4.78, 5) is 16.4. The van der Waals surface area contributed by atoms with Gasteiger partial charge in [-0.1, -0.05) is 12.1 Å². The predicted molar refractivity (Wildman–Crippen MR) is 70.3 cm³/mol. The highest BCUT2D eigenvalue weighted by Gasteiger charge is 2.19. The number of carbonyl (C=O) groups is 1. The molecule has 2 aromatic rings. The van der Waals surface area contributed by atoms with E-state index in [-0.39, 0.29) is 12.4 Å². The van der Waals surface area contributed by atoms with E-state index in [4.69, 9.17) is 5.11 Å². The predicted octanol–water partition coefficient (Wildman–Crippen LogP) is 2.53. The van der Waals surface area contributed by atoms with Gasteiger partial charge >= 0.3 is 6.09 Å². The molecule has 0 fully saturated rings. The van der Waals surface area contributed by atoms with Crippen LogP contribution in [-0.4, -0.2) is 25.7 Å². The van der Waals surface area contributed by atoms with Crippen LogP contribution < -0.4 is 0 Å². The second kappa shape index (κ2) is 4.80. The maximum absolute atomic E-state index is 12.9. The Morgan fingerprint density at radius 2 is 2.10 bits per heavy atom. The number of imidazole rings is 1. The third-order valence-corrected chi connectivity index (χ3v) is 3.22. The van der Waals surface area contributed by atoms with Crippen LogP contribution in [0.5, 0.6) is 0 Å². The summed E-state index contributed by atoms with van der Waals surface area (Å²) in [5, 5.41) is 9.02. The number of rotatable bonds is 2. The van der Waals surface area contributed by atoms with Gasteiger partial charge in [-0.2, -0.15) is 0 Å². The van der Waals surface area contributed by atoms with Crippen LogP contribution in [0.2, 0.25) is 0 Å². The molecule has 3 rings (SSSR count). The second-order valence-electron chi connectivity index (χ2n) is 4.56. The minimum atomic E-state index is -0.999. The lowest BCUT2D eigenvalue weighted by molar-refractivity contribution is 0.160. The second-order valence-corrected chi connectivity index (χ2v) is 4.56. The van der Waals surface area contributed by atoms with Crippen LogP contribution in [0.15, 0.2) is 36.8 Å². The quantitative estimate of drug-likeness (QED) is 0.914. The van der Waals surface area contributed by atoms with Crippen molar-refractivity contribution in [1.29, 1.82) is 0 Å². The summed E-state index contributed by atoms with van der Waals surface area (Å²) in [5.74, 6) is -0.276. The minimum absolute atomic E-state index is 0.266. The van der Waals surface area contributed by atoms with Crippen molar-refractivity contribution in [3.05, 3.63) is 59.6 Å². The molecule has 1 aromatic carbocycles. The highest BCUT2D eigenvalue weighted by atomic mass is 19.1. The molecular formula is C14H12FN3O2. The Morgan fingerprint density at radius 1 is 1.35 bits per heavy atom. The van der Waals surface area contributed by atoms with Crippen LogP contribution in [0.1, 0.15) is 17.0 Å². The van der Waals surface area contributed by atoms with Crippen LogP contribution in [0.3, 0.4) is 0 Å². The molecule has 102 valence electrons. The summed E-state index contributed by atoms with van der Waals surface area (Å²) >= 11 is 0. The first-order valence-electron chi connectivity index (χ1n) is 6.10. The van der Waals surface area contributed by atoms with Crippen molar-refractivity contribution in [3.8, 4) is 0 Å². The number of carboxylic acid groups (broad SMARTS) is 1. The van der Waals surface area contributed by atoms with Gasteiger partial charge in [-0.15, -0.1) is 0 Å². The molecule has 0 spiro atoms. The molecule has 0 atom stereocenters. The van der Waals surface area contributed by atoms with Crippen LogP contribution in [0.25, 0.3) is 6.08 Å². The topological polar surface area (TPSA) is 58.4 Å². The van der Waals surface area contributed by atoms with Crippen LogP contribution in [-0.2, 0) is 13.1 Å². The number of fused-ring (bicyclic) bond motifs is 1. The van der Waals surface area contributed by atoms with E-state index in [1.807, 2.05) is 4.57 Å². The van der Waals surface area contributed by atoms with E-state index in [9.17, 15) is 9.18 Å². The largest absolute Gasteiger partial charge is 0.465 e. The molecule has 5 nitrogen and oxygen atoms in total. The fourth-order valence-electron chi connectivity index (χ4n) is 2.16. The minimum Gasteiger partial charge on any atom is -0.465 e. The Labute approximate surface area is 114 Å². The van der Waals surface area contributed by atoms with E-state index < -0.39 is 6.09 Å². The third kappa shape index (κ3) is 2.27. The first-order valence-corrected chi connectivity index (χ1v) is 6.10. The summed E-state index contributed by atoms with van der Waals surface area (Å²) in [6.07, 6.45) is 3.85. The van der Waals surface area contributed by atoms with E-state index in [0.717, 1.165) is 17.0 Å². The van der Waals surface area contributed by atoms with Gasteiger partial charge < -0.3 is 9.67 Å². The average Bonchev–Trinajstić information content (AvgIpc) is 2.84. The summed E-state index contributed by atoms with van der Waals surface area (Å²) in [7, 11) is 0. The van der Waals surface area contributed by atoms with Crippen molar-refractivity contribution in [2.75, 3.05) is 0 Å². The van der Waals surface area contributed by atoms with E-state index >= 15 is 0 Å². The Kier molecular flexibility index (Phi) is 2.98. The third-order valence-electron chi connectivity index (χ3n) is 3.22. The zero-order chi connectivity index (χ0) is 14.1. The van der Waals surface area contributed by atoms with E-state index in [0.29, 0.717) is 6.54 Å². The average molecular weight is 273 g/mol.